The fourth-order valence-corrected chi connectivity index (χ4v) is 1.52. The Labute approximate surface area is 84.0 Å². The Morgan fingerprint density at radius 1 is 1.58 bits per heavy atom. The molecular formula is C8H9FINO. The van der Waals surface area contributed by atoms with E-state index in [1.54, 1.807) is 6.07 Å². The number of nitrogens with two attached hydrogens (primary N) is 1. The summed E-state index contributed by atoms with van der Waals surface area (Å²) in [6, 6.07) is 3.19. The summed E-state index contributed by atoms with van der Waals surface area (Å²) in [5.41, 5.74) is 5.78. The first kappa shape index (κ1) is 9.73. The van der Waals surface area contributed by atoms with Crippen LogP contribution in [0.1, 0.15) is 5.56 Å². The summed E-state index contributed by atoms with van der Waals surface area (Å²) in [6.07, 6.45) is 0. The molecule has 0 aliphatic heterocycles. The number of ether oxygens (including phenoxy) is 1. The second-order valence-electron chi connectivity index (χ2n) is 2.27. The third-order valence-electron chi connectivity index (χ3n) is 1.54. The topological polar surface area (TPSA) is 35.2 Å². The largest absolute Gasteiger partial charge is 0.496 e. The minimum atomic E-state index is -0.304. The van der Waals surface area contributed by atoms with Gasteiger partial charge in [-0.25, -0.2) is 4.39 Å². The van der Waals surface area contributed by atoms with E-state index in [-0.39, 0.29) is 12.4 Å². The first-order valence-electron chi connectivity index (χ1n) is 3.41. The summed E-state index contributed by atoms with van der Waals surface area (Å²) >= 11 is 2.03. The molecule has 0 saturated heterocycles. The van der Waals surface area contributed by atoms with Gasteiger partial charge in [-0.15, -0.1) is 0 Å². The number of hydrogen-bond donors (Lipinski definition) is 1. The van der Waals surface area contributed by atoms with Gasteiger partial charge in [0.2, 0.25) is 0 Å². The third-order valence-corrected chi connectivity index (χ3v) is 2.17. The van der Waals surface area contributed by atoms with Crippen molar-refractivity contribution < 1.29 is 9.13 Å². The molecule has 0 fully saturated rings. The molecule has 4 heteroatoms. The van der Waals surface area contributed by atoms with Gasteiger partial charge < -0.3 is 10.5 Å². The lowest BCUT2D eigenvalue weighted by molar-refractivity contribution is 0.404. The van der Waals surface area contributed by atoms with Crippen molar-refractivity contribution in [2.45, 2.75) is 6.54 Å². The Morgan fingerprint density at radius 3 is 2.75 bits per heavy atom. The molecule has 0 amide bonds. The van der Waals surface area contributed by atoms with E-state index in [1.165, 1.54) is 13.2 Å². The van der Waals surface area contributed by atoms with Crippen molar-refractivity contribution >= 4 is 22.6 Å². The van der Waals surface area contributed by atoms with E-state index < -0.39 is 0 Å². The normalized spacial score (nSPS) is 10.0. The van der Waals surface area contributed by atoms with Gasteiger partial charge in [0.15, 0.2) is 0 Å². The van der Waals surface area contributed by atoms with Gasteiger partial charge in [0.25, 0.3) is 0 Å². The number of halogens is 2. The van der Waals surface area contributed by atoms with Gasteiger partial charge in [0, 0.05) is 15.7 Å². The molecule has 0 radical (unpaired) electrons. The highest BCUT2D eigenvalue weighted by Crippen LogP contribution is 2.23. The fraction of sp³-hybridized carbons (Fsp3) is 0.250. The number of benzene rings is 1. The molecule has 1 rings (SSSR count). The lowest BCUT2D eigenvalue weighted by atomic mass is 10.2. The van der Waals surface area contributed by atoms with Crippen LogP contribution in [0.3, 0.4) is 0 Å². The van der Waals surface area contributed by atoms with Crippen molar-refractivity contribution in [3.63, 3.8) is 0 Å². The molecule has 1 aromatic carbocycles. The fourth-order valence-electron chi connectivity index (χ4n) is 0.960. The number of hydrogen-bond acceptors (Lipinski definition) is 2. The van der Waals surface area contributed by atoms with Gasteiger partial charge in [0.1, 0.15) is 11.6 Å². The zero-order chi connectivity index (χ0) is 9.14. The third kappa shape index (κ3) is 1.87. The van der Waals surface area contributed by atoms with E-state index >= 15 is 0 Å². The Bertz CT molecular complexity index is 291. The summed E-state index contributed by atoms with van der Waals surface area (Å²) in [5, 5.41) is 0. The maximum absolute atomic E-state index is 13.1. The average Bonchev–Trinajstić information content (AvgIpc) is 2.03. The van der Waals surface area contributed by atoms with E-state index in [2.05, 4.69) is 0 Å². The lowest BCUT2D eigenvalue weighted by Gasteiger charge is -2.07. The Morgan fingerprint density at radius 2 is 2.25 bits per heavy atom. The first-order chi connectivity index (χ1) is 5.69. The molecule has 0 bridgehead atoms. The molecule has 0 saturated carbocycles. The molecule has 0 unspecified atom stereocenters. The minimum Gasteiger partial charge on any atom is -0.496 e. The van der Waals surface area contributed by atoms with E-state index in [0.717, 1.165) is 3.57 Å². The van der Waals surface area contributed by atoms with E-state index in [4.69, 9.17) is 10.5 Å². The molecule has 12 heavy (non-hydrogen) atoms. The zero-order valence-corrected chi connectivity index (χ0v) is 8.76. The van der Waals surface area contributed by atoms with Crippen LogP contribution < -0.4 is 10.5 Å². The van der Waals surface area contributed by atoms with Crippen molar-refractivity contribution in [2.24, 2.45) is 5.73 Å². The molecule has 2 N–H and O–H groups in total. The highest BCUT2D eigenvalue weighted by molar-refractivity contribution is 14.1. The van der Waals surface area contributed by atoms with Crippen LogP contribution in [0.15, 0.2) is 12.1 Å². The standard InChI is InChI=1S/C8H9FINO/c1-12-8-3-5(10)2-7(9)6(8)4-11/h2-3H,4,11H2,1H3. The maximum Gasteiger partial charge on any atom is 0.132 e. The van der Waals surface area contributed by atoms with Gasteiger partial charge in [0.05, 0.1) is 7.11 Å². The lowest BCUT2D eigenvalue weighted by Crippen LogP contribution is -2.03. The van der Waals surface area contributed by atoms with Gasteiger partial charge in [-0.2, -0.15) is 0 Å². The molecule has 0 aromatic heterocycles. The summed E-state index contributed by atoms with van der Waals surface area (Å²) < 4.78 is 18.9. The van der Waals surface area contributed by atoms with E-state index in [9.17, 15) is 4.39 Å². The highest BCUT2D eigenvalue weighted by Gasteiger charge is 2.08. The molecule has 0 aliphatic carbocycles. The minimum absolute atomic E-state index is 0.159. The summed E-state index contributed by atoms with van der Waals surface area (Å²) in [5.74, 6) is 0.211. The summed E-state index contributed by atoms with van der Waals surface area (Å²) in [6.45, 7) is 0.159. The van der Waals surface area contributed by atoms with Gasteiger partial charge in [-0.05, 0) is 34.7 Å². The van der Waals surface area contributed by atoms with Crippen molar-refractivity contribution in [3.8, 4) is 5.75 Å². The van der Waals surface area contributed by atoms with Crippen LogP contribution in [0.25, 0.3) is 0 Å². The SMILES string of the molecule is COc1cc(I)cc(F)c1CN. The van der Waals surface area contributed by atoms with Crippen molar-refractivity contribution in [3.05, 3.63) is 27.1 Å². The highest BCUT2D eigenvalue weighted by atomic mass is 127. The molecule has 2 nitrogen and oxygen atoms in total. The predicted octanol–water partition coefficient (Wildman–Crippen LogP) is 1.90. The van der Waals surface area contributed by atoms with Crippen molar-refractivity contribution in [2.75, 3.05) is 7.11 Å². The van der Waals surface area contributed by atoms with Crippen LogP contribution in [-0.4, -0.2) is 7.11 Å². The summed E-state index contributed by atoms with van der Waals surface area (Å²) in [7, 11) is 1.50. The number of rotatable bonds is 2. The second kappa shape index (κ2) is 4.04. The van der Waals surface area contributed by atoms with Crippen molar-refractivity contribution in [1.29, 1.82) is 0 Å². The molecule has 66 valence electrons. The van der Waals surface area contributed by atoms with E-state index in [1.807, 2.05) is 22.6 Å². The van der Waals surface area contributed by atoms with Crippen LogP contribution >= 0.6 is 22.6 Å². The molecule has 0 aliphatic rings. The van der Waals surface area contributed by atoms with Crippen LogP contribution in [0.4, 0.5) is 4.39 Å². The Kier molecular flexibility index (Phi) is 3.28. The Hall–Kier alpha value is -0.360. The van der Waals surface area contributed by atoms with Gasteiger partial charge >= 0.3 is 0 Å². The first-order valence-corrected chi connectivity index (χ1v) is 4.49. The van der Waals surface area contributed by atoms with Crippen LogP contribution in [0, 0.1) is 9.39 Å². The Balaban J connectivity index is 3.24. The van der Waals surface area contributed by atoms with E-state index in [0.29, 0.717) is 11.3 Å². The maximum atomic E-state index is 13.1. The average molecular weight is 281 g/mol. The molecule has 0 atom stereocenters. The molecule has 0 heterocycles. The molecule has 1 aromatic rings. The monoisotopic (exact) mass is 281 g/mol. The van der Waals surface area contributed by atoms with Gasteiger partial charge in [-0.3, -0.25) is 0 Å². The van der Waals surface area contributed by atoms with Crippen LogP contribution in [0.2, 0.25) is 0 Å². The smallest absolute Gasteiger partial charge is 0.132 e. The van der Waals surface area contributed by atoms with Crippen molar-refractivity contribution in [1.82, 2.24) is 0 Å². The molecular weight excluding hydrogens is 272 g/mol. The summed E-state index contributed by atoms with van der Waals surface area (Å²) in [4.78, 5) is 0. The van der Waals surface area contributed by atoms with Gasteiger partial charge in [-0.1, -0.05) is 0 Å². The molecule has 0 spiro atoms. The zero-order valence-electron chi connectivity index (χ0n) is 6.60. The predicted molar refractivity (Wildman–Crippen MR) is 53.6 cm³/mol. The second-order valence-corrected chi connectivity index (χ2v) is 3.52. The van der Waals surface area contributed by atoms with Crippen LogP contribution in [-0.2, 0) is 6.54 Å². The quantitative estimate of drug-likeness (QED) is 0.840. The van der Waals surface area contributed by atoms with Crippen LogP contribution in [0.5, 0.6) is 5.75 Å². The number of methoxy groups -OCH3 is 1.